The third kappa shape index (κ3) is 5.16. The summed E-state index contributed by atoms with van der Waals surface area (Å²) in [6.07, 6.45) is 3.58. The van der Waals surface area contributed by atoms with Gasteiger partial charge in [-0.1, -0.05) is 6.08 Å². The minimum absolute atomic E-state index is 0.132. The molecule has 0 aliphatic carbocycles. The summed E-state index contributed by atoms with van der Waals surface area (Å²) in [6, 6.07) is 5.91. The van der Waals surface area contributed by atoms with Crippen molar-refractivity contribution in [1.82, 2.24) is 15.4 Å². The van der Waals surface area contributed by atoms with Gasteiger partial charge in [0.25, 0.3) is 5.91 Å². The van der Waals surface area contributed by atoms with Crippen molar-refractivity contribution in [1.29, 1.82) is 0 Å². The summed E-state index contributed by atoms with van der Waals surface area (Å²) in [5.74, 6) is 0.442. The molecule has 1 aliphatic heterocycles. The van der Waals surface area contributed by atoms with E-state index in [0.29, 0.717) is 18.0 Å². The van der Waals surface area contributed by atoms with E-state index in [0.717, 1.165) is 25.9 Å². The lowest BCUT2D eigenvalue weighted by Crippen LogP contribution is -2.27. The second-order valence-corrected chi connectivity index (χ2v) is 7.34. The Morgan fingerprint density at radius 1 is 1.35 bits per heavy atom. The van der Waals surface area contributed by atoms with E-state index in [2.05, 4.69) is 21.9 Å². The highest BCUT2D eigenvalue weighted by Crippen LogP contribution is 2.12. The minimum Gasteiger partial charge on any atom is -0.352 e. The lowest BCUT2D eigenvalue weighted by atomic mass is 10.1. The molecule has 1 aromatic carbocycles. The molecule has 1 amide bonds. The van der Waals surface area contributed by atoms with E-state index in [1.807, 2.05) is 0 Å². The van der Waals surface area contributed by atoms with Gasteiger partial charge in [-0.25, -0.2) is 13.1 Å². The molecule has 1 aliphatic rings. The van der Waals surface area contributed by atoms with Crippen molar-refractivity contribution < 1.29 is 13.2 Å². The predicted molar refractivity (Wildman–Crippen MR) is 89.8 cm³/mol. The first-order valence-corrected chi connectivity index (χ1v) is 9.21. The van der Waals surface area contributed by atoms with Gasteiger partial charge in [-0.3, -0.25) is 4.79 Å². The van der Waals surface area contributed by atoms with E-state index in [1.165, 1.54) is 30.3 Å². The number of carbonyl (C=O) groups is 1. The number of hydrogen-bond donors (Lipinski definition) is 3. The molecule has 2 rings (SSSR count). The van der Waals surface area contributed by atoms with E-state index in [9.17, 15) is 13.2 Å². The summed E-state index contributed by atoms with van der Waals surface area (Å²) in [5, 5.41) is 6.17. The first-order valence-electron chi connectivity index (χ1n) is 7.72. The van der Waals surface area contributed by atoms with Crippen LogP contribution in [0.5, 0.6) is 0 Å². The Kier molecular flexibility index (Phi) is 6.32. The fraction of sp³-hybridized carbons (Fsp3) is 0.438. The fourth-order valence-corrected chi connectivity index (χ4v) is 3.49. The zero-order chi connectivity index (χ0) is 16.7. The number of amides is 1. The molecule has 23 heavy (non-hydrogen) atoms. The zero-order valence-electron chi connectivity index (χ0n) is 13.0. The Hall–Kier alpha value is -1.70. The Balaban J connectivity index is 1.87. The standard InChI is InChI=1S/C16H23N3O3S/c1-2-9-19-23(21,22)15-5-3-14(4-6-15)16(20)18-11-8-13-7-10-17-12-13/h2-6,13,17,19H,1,7-12H2,(H,18,20). The topological polar surface area (TPSA) is 87.3 Å². The third-order valence-electron chi connectivity index (χ3n) is 3.85. The van der Waals surface area contributed by atoms with E-state index in [1.54, 1.807) is 0 Å². The molecule has 1 saturated heterocycles. The van der Waals surface area contributed by atoms with Crippen molar-refractivity contribution in [2.75, 3.05) is 26.2 Å². The van der Waals surface area contributed by atoms with Gasteiger partial charge >= 0.3 is 0 Å². The maximum atomic E-state index is 12.0. The summed E-state index contributed by atoms with van der Waals surface area (Å²) >= 11 is 0. The average Bonchev–Trinajstić information content (AvgIpc) is 3.06. The molecule has 1 unspecified atom stereocenters. The molecule has 0 bridgehead atoms. The number of benzene rings is 1. The van der Waals surface area contributed by atoms with Crippen LogP contribution in [-0.2, 0) is 10.0 Å². The molecule has 7 heteroatoms. The second-order valence-electron chi connectivity index (χ2n) is 5.57. The van der Waals surface area contributed by atoms with Gasteiger partial charge in [-0.15, -0.1) is 6.58 Å². The Labute approximate surface area is 137 Å². The molecular weight excluding hydrogens is 314 g/mol. The number of rotatable bonds is 8. The highest BCUT2D eigenvalue weighted by Gasteiger charge is 2.16. The van der Waals surface area contributed by atoms with Gasteiger partial charge in [0, 0.05) is 18.7 Å². The van der Waals surface area contributed by atoms with Crippen LogP contribution in [0.25, 0.3) is 0 Å². The lowest BCUT2D eigenvalue weighted by molar-refractivity contribution is 0.0951. The van der Waals surface area contributed by atoms with Crippen LogP contribution in [0.2, 0.25) is 0 Å². The van der Waals surface area contributed by atoms with Crippen molar-refractivity contribution in [2.24, 2.45) is 5.92 Å². The van der Waals surface area contributed by atoms with Crippen molar-refractivity contribution in [3.05, 3.63) is 42.5 Å². The van der Waals surface area contributed by atoms with Gasteiger partial charge < -0.3 is 10.6 Å². The van der Waals surface area contributed by atoms with Crippen LogP contribution >= 0.6 is 0 Å². The van der Waals surface area contributed by atoms with E-state index < -0.39 is 10.0 Å². The van der Waals surface area contributed by atoms with Gasteiger partial charge in [0.2, 0.25) is 10.0 Å². The molecule has 0 aromatic heterocycles. The molecule has 1 heterocycles. The molecule has 1 atom stereocenters. The van der Waals surface area contributed by atoms with Crippen LogP contribution in [0.15, 0.2) is 41.8 Å². The highest BCUT2D eigenvalue weighted by molar-refractivity contribution is 7.89. The second kappa shape index (κ2) is 8.24. The van der Waals surface area contributed by atoms with E-state index in [-0.39, 0.29) is 17.3 Å². The Morgan fingerprint density at radius 2 is 2.09 bits per heavy atom. The fourth-order valence-electron chi connectivity index (χ4n) is 2.49. The number of hydrogen-bond acceptors (Lipinski definition) is 4. The molecule has 0 radical (unpaired) electrons. The maximum Gasteiger partial charge on any atom is 0.251 e. The van der Waals surface area contributed by atoms with E-state index in [4.69, 9.17) is 0 Å². The molecule has 0 saturated carbocycles. The van der Waals surface area contributed by atoms with Crippen LogP contribution in [-0.4, -0.2) is 40.5 Å². The summed E-state index contributed by atoms with van der Waals surface area (Å²) in [6.45, 7) is 6.33. The Bertz CT molecular complexity index is 635. The largest absolute Gasteiger partial charge is 0.352 e. The van der Waals surface area contributed by atoms with Gasteiger partial charge in [-0.05, 0) is 56.1 Å². The molecule has 1 fully saturated rings. The highest BCUT2D eigenvalue weighted by atomic mass is 32.2. The van der Waals surface area contributed by atoms with Crippen LogP contribution in [0.1, 0.15) is 23.2 Å². The molecule has 3 N–H and O–H groups in total. The lowest BCUT2D eigenvalue weighted by Gasteiger charge is -2.10. The normalized spacial score (nSPS) is 17.8. The van der Waals surface area contributed by atoms with Crippen LogP contribution in [0.4, 0.5) is 0 Å². The monoisotopic (exact) mass is 337 g/mol. The molecule has 1 aromatic rings. The van der Waals surface area contributed by atoms with Crippen LogP contribution in [0, 0.1) is 5.92 Å². The summed E-state index contributed by atoms with van der Waals surface area (Å²) < 4.78 is 26.2. The molecule has 0 spiro atoms. The Morgan fingerprint density at radius 3 is 2.70 bits per heavy atom. The smallest absolute Gasteiger partial charge is 0.251 e. The first-order chi connectivity index (χ1) is 11.0. The summed E-state index contributed by atoms with van der Waals surface area (Å²) in [5.41, 5.74) is 0.456. The van der Waals surface area contributed by atoms with Gasteiger partial charge in [0.15, 0.2) is 0 Å². The van der Waals surface area contributed by atoms with Crippen molar-refractivity contribution in [2.45, 2.75) is 17.7 Å². The van der Waals surface area contributed by atoms with Crippen LogP contribution in [0.3, 0.4) is 0 Å². The van der Waals surface area contributed by atoms with E-state index >= 15 is 0 Å². The maximum absolute atomic E-state index is 12.0. The van der Waals surface area contributed by atoms with Crippen molar-refractivity contribution in [3.8, 4) is 0 Å². The quantitative estimate of drug-likeness (QED) is 0.615. The summed E-state index contributed by atoms with van der Waals surface area (Å²) in [7, 11) is -3.55. The van der Waals surface area contributed by atoms with Gasteiger partial charge in [0.1, 0.15) is 0 Å². The summed E-state index contributed by atoms with van der Waals surface area (Å²) in [4.78, 5) is 12.2. The molecule has 6 nitrogen and oxygen atoms in total. The number of carbonyl (C=O) groups excluding carboxylic acids is 1. The van der Waals surface area contributed by atoms with Crippen LogP contribution < -0.4 is 15.4 Å². The average molecular weight is 337 g/mol. The predicted octanol–water partition coefficient (Wildman–Crippen LogP) is 0.880. The number of sulfonamides is 1. The SMILES string of the molecule is C=CCNS(=O)(=O)c1ccc(C(=O)NCCC2CCNC2)cc1. The number of nitrogens with one attached hydrogen (secondary N) is 3. The van der Waals surface area contributed by atoms with Gasteiger partial charge in [0.05, 0.1) is 4.90 Å². The van der Waals surface area contributed by atoms with Crippen molar-refractivity contribution >= 4 is 15.9 Å². The molecule has 126 valence electrons. The van der Waals surface area contributed by atoms with Gasteiger partial charge in [-0.2, -0.15) is 0 Å². The first kappa shape index (κ1) is 17.7. The third-order valence-corrected chi connectivity index (χ3v) is 5.28. The van der Waals surface area contributed by atoms with Crippen molar-refractivity contribution in [3.63, 3.8) is 0 Å². The zero-order valence-corrected chi connectivity index (χ0v) is 13.9. The minimum atomic E-state index is -3.55. The molecular formula is C16H23N3O3S.